The number of hydrogen-bond donors (Lipinski definition) is 1. The van der Waals surface area contributed by atoms with E-state index < -0.39 is 0 Å². The molecule has 1 fully saturated rings. The number of nitrogens with two attached hydrogens (primary N) is 1. The molecule has 0 spiro atoms. The lowest BCUT2D eigenvalue weighted by atomic mass is 10.2. The molecule has 1 saturated heterocycles. The molecular formula is C24H47N3OS. The molecule has 0 amide bonds. The SMILES string of the molecule is CC.CC(C)C.CCOc1ccc(N2CCCN(CCCSCCN)CC2)cc1. The molecule has 0 unspecified atom stereocenters. The lowest BCUT2D eigenvalue weighted by molar-refractivity contribution is 0.295. The van der Waals surface area contributed by atoms with Crippen molar-refractivity contribution in [2.75, 3.05) is 62.3 Å². The zero-order valence-corrected chi connectivity index (χ0v) is 20.8. The Morgan fingerprint density at radius 2 is 1.66 bits per heavy atom. The van der Waals surface area contributed by atoms with E-state index in [2.05, 4.69) is 54.8 Å². The molecule has 0 aromatic heterocycles. The molecule has 1 aliphatic rings. The molecular weight excluding hydrogens is 378 g/mol. The molecule has 0 aliphatic carbocycles. The summed E-state index contributed by atoms with van der Waals surface area (Å²) >= 11 is 1.98. The maximum absolute atomic E-state index is 5.53. The average Bonchev–Trinajstić information content (AvgIpc) is 2.96. The van der Waals surface area contributed by atoms with Gasteiger partial charge in [-0.25, -0.2) is 0 Å². The van der Waals surface area contributed by atoms with E-state index in [1.807, 2.05) is 32.5 Å². The Balaban J connectivity index is 0.00000116. The molecule has 4 nitrogen and oxygen atoms in total. The number of rotatable bonds is 9. The van der Waals surface area contributed by atoms with Gasteiger partial charge in [-0.15, -0.1) is 0 Å². The van der Waals surface area contributed by atoms with Crippen molar-refractivity contribution in [1.82, 2.24) is 4.90 Å². The van der Waals surface area contributed by atoms with Crippen LogP contribution in [0.5, 0.6) is 5.75 Å². The molecule has 2 N–H and O–H groups in total. The number of ether oxygens (including phenoxy) is 1. The van der Waals surface area contributed by atoms with Crippen molar-refractivity contribution >= 4 is 17.4 Å². The summed E-state index contributed by atoms with van der Waals surface area (Å²) in [5.74, 6) is 4.12. The predicted molar refractivity (Wildman–Crippen MR) is 134 cm³/mol. The van der Waals surface area contributed by atoms with Crippen molar-refractivity contribution in [3.8, 4) is 5.75 Å². The Bertz CT molecular complexity index is 465. The first-order chi connectivity index (χ1) is 14.1. The van der Waals surface area contributed by atoms with Crippen LogP contribution in [-0.4, -0.2) is 62.3 Å². The van der Waals surface area contributed by atoms with Gasteiger partial charge in [-0.05, 0) is 68.8 Å². The van der Waals surface area contributed by atoms with E-state index in [1.54, 1.807) is 0 Å². The minimum absolute atomic E-state index is 0.724. The Morgan fingerprint density at radius 3 is 2.24 bits per heavy atom. The van der Waals surface area contributed by atoms with Crippen LogP contribution >= 0.6 is 11.8 Å². The second kappa shape index (κ2) is 19.1. The lowest BCUT2D eigenvalue weighted by Crippen LogP contribution is -2.31. The van der Waals surface area contributed by atoms with E-state index in [-0.39, 0.29) is 0 Å². The number of anilines is 1. The van der Waals surface area contributed by atoms with Crippen molar-refractivity contribution in [1.29, 1.82) is 0 Å². The van der Waals surface area contributed by atoms with E-state index in [0.717, 1.165) is 50.2 Å². The van der Waals surface area contributed by atoms with Crippen LogP contribution in [-0.2, 0) is 0 Å². The highest BCUT2D eigenvalue weighted by Gasteiger charge is 2.14. The van der Waals surface area contributed by atoms with Crippen molar-refractivity contribution in [3.63, 3.8) is 0 Å². The zero-order valence-electron chi connectivity index (χ0n) is 20.0. The van der Waals surface area contributed by atoms with Gasteiger partial charge < -0.3 is 20.3 Å². The lowest BCUT2D eigenvalue weighted by Gasteiger charge is -2.24. The summed E-state index contributed by atoms with van der Waals surface area (Å²) in [6, 6.07) is 8.53. The van der Waals surface area contributed by atoms with Gasteiger partial charge in [-0.1, -0.05) is 34.6 Å². The number of thioether (sulfide) groups is 1. The fourth-order valence-corrected chi connectivity index (χ4v) is 3.65. The Labute approximate surface area is 185 Å². The van der Waals surface area contributed by atoms with E-state index in [1.165, 1.54) is 37.4 Å². The molecule has 29 heavy (non-hydrogen) atoms. The summed E-state index contributed by atoms with van der Waals surface area (Å²) in [6.07, 6.45) is 2.51. The molecule has 0 bridgehead atoms. The predicted octanol–water partition coefficient (Wildman–Crippen LogP) is 5.37. The Hall–Kier alpha value is -0.910. The van der Waals surface area contributed by atoms with Gasteiger partial charge in [0.15, 0.2) is 0 Å². The maximum Gasteiger partial charge on any atom is 0.119 e. The third-order valence-corrected chi connectivity index (χ3v) is 5.23. The fourth-order valence-electron chi connectivity index (χ4n) is 2.95. The molecule has 2 rings (SSSR count). The third kappa shape index (κ3) is 14.7. The van der Waals surface area contributed by atoms with Gasteiger partial charge >= 0.3 is 0 Å². The first-order valence-corrected chi connectivity index (χ1v) is 12.7. The summed E-state index contributed by atoms with van der Waals surface area (Å²) in [7, 11) is 0. The number of nitrogens with zero attached hydrogens (tertiary/aromatic N) is 2. The normalized spacial score (nSPS) is 14.4. The number of hydrogen-bond acceptors (Lipinski definition) is 5. The van der Waals surface area contributed by atoms with Crippen molar-refractivity contribution in [2.24, 2.45) is 11.7 Å². The van der Waals surface area contributed by atoms with Crippen LogP contribution in [0.2, 0.25) is 0 Å². The highest BCUT2D eigenvalue weighted by Crippen LogP contribution is 2.21. The molecule has 0 radical (unpaired) electrons. The largest absolute Gasteiger partial charge is 0.494 e. The summed E-state index contributed by atoms with van der Waals surface area (Å²) in [5, 5.41) is 0. The topological polar surface area (TPSA) is 41.7 Å². The van der Waals surface area contributed by atoms with Gasteiger partial charge in [-0.3, -0.25) is 0 Å². The van der Waals surface area contributed by atoms with Gasteiger partial charge in [0.25, 0.3) is 0 Å². The van der Waals surface area contributed by atoms with E-state index in [4.69, 9.17) is 10.5 Å². The van der Waals surface area contributed by atoms with Crippen LogP contribution in [0.15, 0.2) is 24.3 Å². The highest BCUT2D eigenvalue weighted by molar-refractivity contribution is 7.99. The summed E-state index contributed by atoms with van der Waals surface area (Å²) < 4.78 is 5.53. The molecule has 1 heterocycles. The van der Waals surface area contributed by atoms with Crippen LogP contribution < -0.4 is 15.4 Å². The highest BCUT2D eigenvalue weighted by atomic mass is 32.2. The molecule has 1 aromatic rings. The van der Waals surface area contributed by atoms with Crippen molar-refractivity contribution in [2.45, 2.75) is 54.4 Å². The minimum atomic E-state index is 0.724. The van der Waals surface area contributed by atoms with Gasteiger partial charge in [0, 0.05) is 37.6 Å². The van der Waals surface area contributed by atoms with Gasteiger partial charge in [0.05, 0.1) is 6.61 Å². The molecule has 0 atom stereocenters. The average molecular weight is 426 g/mol. The van der Waals surface area contributed by atoms with Crippen LogP contribution in [0.25, 0.3) is 0 Å². The molecule has 0 saturated carbocycles. The molecule has 1 aromatic carbocycles. The van der Waals surface area contributed by atoms with Crippen LogP contribution in [0, 0.1) is 5.92 Å². The first-order valence-electron chi connectivity index (χ1n) is 11.5. The molecule has 170 valence electrons. The van der Waals surface area contributed by atoms with Crippen LogP contribution in [0.4, 0.5) is 5.69 Å². The summed E-state index contributed by atoms with van der Waals surface area (Å²) in [5.41, 5.74) is 6.84. The Kier molecular flexibility index (Phi) is 18.5. The van der Waals surface area contributed by atoms with Crippen LogP contribution in [0.1, 0.15) is 54.4 Å². The second-order valence-electron chi connectivity index (χ2n) is 7.60. The van der Waals surface area contributed by atoms with E-state index in [9.17, 15) is 0 Å². The minimum Gasteiger partial charge on any atom is -0.494 e. The monoisotopic (exact) mass is 425 g/mol. The van der Waals surface area contributed by atoms with E-state index in [0.29, 0.717) is 0 Å². The summed E-state index contributed by atoms with van der Waals surface area (Å²) in [4.78, 5) is 5.11. The second-order valence-corrected chi connectivity index (χ2v) is 8.82. The molecule has 1 aliphatic heterocycles. The summed E-state index contributed by atoms with van der Waals surface area (Å²) in [6.45, 7) is 19.9. The quantitative estimate of drug-likeness (QED) is 0.539. The van der Waals surface area contributed by atoms with Gasteiger partial charge in [-0.2, -0.15) is 11.8 Å². The molecule has 5 heteroatoms. The smallest absolute Gasteiger partial charge is 0.119 e. The first kappa shape index (κ1) is 28.1. The number of benzene rings is 1. The van der Waals surface area contributed by atoms with Crippen molar-refractivity contribution in [3.05, 3.63) is 24.3 Å². The standard InChI is InChI=1S/C18H31N3OS.C4H10.C2H6/c1-2-22-18-7-5-17(6-8-18)21-12-3-10-20(13-14-21)11-4-15-23-16-9-19;1-4(2)3;1-2/h5-8H,2-4,9-16,19H2,1H3;4H,1-3H3;1-2H3. The Morgan fingerprint density at radius 1 is 1.00 bits per heavy atom. The van der Waals surface area contributed by atoms with E-state index >= 15 is 0 Å². The van der Waals surface area contributed by atoms with Crippen LogP contribution in [0.3, 0.4) is 0 Å². The van der Waals surface area contributed by atoms with Gasteiger partial charge in [0.1, 0.15) is 5.75 Å². The van der Waals surface area contributed by atoms with Gasteiger partial charge in [0.2, 0.25) is 0 Å². The zero-order chi connectivity index (χ0) is 21.9. The van der Waals surface area contributed by atoms with Crippen molar-refractivity contribution < 1.29 is 4.74 Å². The maximum atomic E-state index is 5.53. The third-order valence-electron chi connectivity index (χ3n) is 4.13. The fraction of sp³-hybridized carbons (Fsp3) is 0.750.